The molecule has 0 saturated carbocycles. The zero-order valence-corrected chi connectivity index (χ0v) is 24.6. The third-order valence-corrected chi connectivity index (χ3v) is 9.24. The maximum Gasteiger partial charge on any atom is 0.301 e. The summed E-state index contributed by atoms with van der Waals surface area (Å²) in [6.07, 6.45) is 0. The Labute approximate surface area is 254 Å². The van der Waals surface area contributed by atoms with Crippen LogP contribution < -0.4 is 14.4 Å². The summed E-state index contributed by atoms with van der Waals surface area (Å²) < 4.78 is 25.4. The average Bonchev–Trinajstić information content (AvgIpc) is 3.61. The fourth-order valence-corrected chi connectivity index (χ4v) is 6.89. The Kier molecular flexibility index (Phi) is 7.83. The van der Waals surface area contributed by atoms with Crippen LogP contribution in [0.2, 0.25) is 0 Å². The van der Waals surface area contributed by atoms with Crippen LogP contribution in [0.15, 0.2) is 94.8 Å². The SMILES string of the molecule is COc1ccc([C@@H]2C(=C(O)c3ccc(OC)c(F)c3)C(=O)C(=O)N2c2nnc(SCc3cccc4ccccc34)s2)cc1. The fraction of sp³-hybridized carbons (Fsp3) is 0.125. The second-order valence-electron chi connectivity index (χ2n) is 9.57. The normalized spacial score (nSPS) is 16.2. The molecule has 11 heteroatoms. The minimum atomic E-state index is -1.04. The van der Waals surface area contributed by atoms with E-state index in [-0.39, 0.29) is 22.0 Å². The lowest BCUT2D eigenvalue weighted by Gasteiger charge is -2.22. The van der Waals surface area contributed by atoms with Gasteiger partial charge in [-0.15, -0.1) is 10.2 Å². The number of halogens is 1. The number of aromatic nitrogens is 2. The molecule has 5 aromatic rings. The van der Waals surface area contributed by atoms with E-state index in [0.717, 1.165) is 22.4 Å². The molecule has 4 aromatic carbocycles. The molecule has 1 N–H and O–H groups in total. The summed E-state index contributed by atoms with van der Waals surface area (Å²) in [6.45, 7) is 0. The highest BCUT2D eigenvalue weighted by atomic mass is 32.2. The van der Waals surface area contributed by atoms with E-state index in [1.807, 2.05) is 18.2 Å². The predicted octanol–water partition coefficient (Wildman–Crippen LogP) is 6.77. The van der Waals surface area contributed by atoms with E-state index < -0.39 is 29.3 Å². The van der Waals surface area contributed by atoms with Crippen molar-refractivity contribution < 1.29 is 28.6 Å². The average molecular weight is 614 g/mol. The van der Waals surface area contributed by atoms with Crippen molar-refractivity contribution in [3.8, 4) is 11.5 Å². The number of carbonyl (C=O) groups excluding carboxylic acids is 2. The number of methoxy groups -OCH3 is 2. The Balaban J connectivity index is 1.38. The van der Waals surface area contributed by atoms with E-state index in [9.17, 15) is 19.1 Å². The molecule has 1 atom stereocenters. The van der Waals surface area contributed by atoms with Crippen LogP contribution in [0.1, 0.15) is 22.7 Å². The molecule has 6 rings (SSSR count). The number of nitrogens with zero attached hydrogens (tertiary/aromatic N) is 3. The molecule has 1 saturated heterocycles. The Morgan fingerprint density at radius 2 is 1.74 bits per heavy atom. The van der Waals surface area contributed by atoms with Gasteiger partial charge in [0, 0.05) is 11.3 Å². The molecule has 1 amide bonds. The van der Waals surface area contributed by atoms with Gasteiger partial charge in [-0.2, -0.15) is 0 Å². The van der Waals surface area contributed by atoms with Gasteiger partial charge in [0.05, 0.1) is 25.8 Å². The molecule has 216 valence electrons. The number of amides is 1. The molecular formula is C32H24FN3O5S2. The molecule has 1 aliphatic heterocycles. The summed E-state index contributed by atoms with van der Waals surface area (Å²) in [4.78, 5) is 28.2. The smallest absolute Gasteiger partial charge is 0.301 e. The van der Waals surface area contributed by atoms with Gasteiger partial charge < -0.3 is 14.6 Å². The van der Waals surface area contributed by atoms with Crippen LogP contribution in [0.4, 0.5) is 9.52 Å². The number of hydrogen-bond donors (Lipinski definition) is 1. The Bertz CT molecular complexity index is 1880. The first-order valence-corrected chi connectivity index (χ1v) is 14.9. The summed E-state index contributed by atoms with van der Waals surface area (Å²) in [6, 6.07) is 23.8. The van der Waals surface area contributed by atoms with E-state index >= 15 is 0 Å². The predicted molar refractivity (Wildman–Crippen MR) is 164 cm³/mol. The van der Waals surface area contributed by atoms with Crippen molar-refractivity contribution in [2.24, 2.45) is 0 Å². The quantitative estimate of drug-likeness (QED) is 0.0673. The number of ether oxygens (including phenoxy) is 2. The van der Waals surface area contributed by atoms with Crippen LogP contribution in [0.3, 0.4) is 0 Å². The molecular weight excluding hydrogens is 590 g/mol. The number of carbonyl (C=O) groups is 2. The first kappa shape index (κ1) is 28.4. The van der Waals surface area contributed by atoms with E-state index in [1.165, 1.54) is 54.4 Å². The van der Waals surface area contributed by atoms with Crippen molar-refractivity contribution in [1.82, 2.24) is 10.2 Å². The molecule has 0 spiro atoms. The number of rotatable bonds is 8. The molecule has 8 nitrogen and oxygen atoms in total. The molecule has 2 heterocycles. The van der Waals surface area contributed by atoms with Gasteiger partial charge in [0.1, 0.15) is 11.5 Å². The number of anilines is 1. The standard InChI is InChI=1S/C32H24FN3O5S2/c1-40-22-13-10-19(11-14-22)27-26(28(37)20-12-15-25(41-2)24(33)16-20)29(38)30(39)36(27)31-34-35-32(43-31)42-17-21-8-5-7-18-6-3-4-9-23(18)21/h3-16,27,37H,17H2,1-2H3/t27-/m1/s1. The molecule has 0 radical (unpaired) electrons. The van der Waals surface area contributed by atoms with Gasteiger partial charge in [0.25, 0.3) is 5.78 Å². The van der Waals surface area contributed by atoms with Crippen molar-refractivity contribution in [2.45, 2.75) is 16.1 Å². The highest BCUT2D eigenvalue weighted by Crippen LogP contribution is 2.44. The van der Waals surface area contributed by atoms with E-state index in [0.29, 0.717) is 21.4 Å². The van der Waals surface area contributed by atoms with Crippen molar-refractivity contribution in [2.75, 3.05) is 19.1 Å². The first-order valence-electron chi connectivity index (χ1n) is 13.1. The Morgan fingerprint density at radius 1 is 0.977 bits per heavy atom. The number of fused-ring (bicyclic) bond motifs is 1. The van der Waals surface area contributed by atoms with Crippen molar-refractivity contribution in [3.05, 3.63) is 113 Å². The van der Waals surface area contributed by atoms with Crippen LogP contribution in [-0.4, -0.2) is 41.2 Å². The van der Waals surface area contributed by atoms with Crippen LogP contribution >= 0.6 is 23.1 Å². The van der Waals surface area contributed by atoms with Crippen molar-refractivity contribution in [3.63, 3.8) is 0 Å². The van der Waals surface area contributed by atoms with E-state index in [2.05, 4.69) is 34.5 Å². The van der Waals surface area contributed by atoms with Gasteiger partial charge in [0.15, 0.2) is 15.9 Å². The molecule has 43 heavy (non-hydrogen) atoms. The monoisotopic (exact) mass is 613 g/mol. The first-order chi connectivity index (χ1) is 20.9. The van der Waals surface area contributed by atoms with Gasteiger partial charge >= 0.3 is 5.91 Å². The second-order valence-corrected chi connectivity index (χ2v) is 11.7. The van der Waals surface area contributed by atoms with Crippen LogP contribution in [0.25, 0.3) is 16.5 Å². The fourth-order valence-electron chi connectivity index (χ4n) is 5.02. The minimum Gasteiger partial charge on any atom is -0.507 e. The van der Waals surface area contributed by atoms with Gasteiger partial charge in [-0.1, -0.05) is 77.7 Å². The third-order valence-electron chi connectivity index (χ3n) is 7.13. The third kappa shape index (κ3) is 5.33. The lowest BCUT2D eigenvalue weighted by Crippen LogP contribution is -2.29. The summed E-state index contributed by atoms with van der Waals surface area (Å²) in [7, 11) is 2.85. The van der Waals surface area contributed by atoms with Gasteiger partial charge in [-0.25, -0.2) is 4.39 Å². The van der Waals surface area contributed by atoms with Crippen LogP contribution in [0.5, 0.6) is 11.5 Å². The largest absolute Gasteiger partial charge is 0.507 e. The summed E-state index contributed by atoms with van der Waals surface area (Å²) >= 11 is 2.64. The molecule has 1 aliphatic rings. The van der Waals surface area contributed by atoms with E-state index in [4.69, 9.17) is 9.47 Å². The Morgan fingerprint density at radius 3 is 2.49 bits per heavy atom. The van der Waals surface area contributed by atoms with Crippen LogP contribution in [-0.2, 0) is 15.3 Å². The van der Waals surface area contributed by atoms with Crippen molar-refractivity contribution >= 4 is 56.5 Å². The lowest BCUT2D eigenvalue weighted by molar-refractivity contribution is -0.132. The molecule has 0 unspecified atom stereocenters. The zero-order valence-electron chi connectivity index (χ0n) is 23.0. The summed E-state index contributed by atoms with van der Waals surface area (Å²) in [5.74, 6) is -1.86. The second kappa shape index (κ2) is 11.9. The highest BCUT2D eigenvalue weighted by Gasteiger charge is 2.48. The molecule has 1 aromatic heterocycles. The summed E-state index contributed by atoms with van der Waals surface area (Å²) in [5.41, 5.74) is 1.49. The number of thioether (sulfide) groups is 1. The zero-order chi connectivity index (χ0) is 30.1. The lowest BCUT2D eigenvalue weighted by atomic mass is 9.95. The van der Waals surface area contributed by atoms with E-state index in [1.54, 1.807) is 24.3 Å². The summed E-state index contributed by atoms with van der Waals surface area (Å²) in [5, 5.41) is 22.3. The Hall–Kier alpha value is -4.74. The maximum atomic E-state index is 14.5. The van der Waals surface area contributed by atoms with Gasteiger partial charge in [-0.05, 0) is 52.2 Å². The number of aliphatic hydroxyl groups is 1. The molecule has 0 aliphatic carbocycles. The number of aliphatic hydroxyl groups excluding tert-OH is 1. The number of ketones is 1. The molecule has 0 bridgehead atoms. The van der Waals surface area contributed by atoms with Gasteiger partial charge in [0.2, 0.25) is 5.13 Å². The number of Topliss-reactive ketones (excluding diaryl/α,β-unsaturated/α-hetero) is 1. The van der Waals surface area contributed by atoms with Gasteiger partial charge in [-0.3, -0.25) is 14.5 Å². The van der Waals surface area contributed by atoms with Crippen molar-refractivity contribution in [1.29, 1.82) is 0 Å². The molecule has 1 fully saturated rings. The highest BCUT2D eigenvalue weighted by molar-refractivity contribution is 8.00. The minimum absolute atomic E-state index is 0.0221. The number of benzene rings is 4. The maximum absolute atomic E-state index is 14.5. The van der Waals surface area contributed by atoms with Crippen LogP contribution in [0, 0.1) is 5.82 Å². The number of hydrogen-bond acceptors (Lipinski definition) is 9. The topological polar surface area (TPSA) is 102 Å².